The van der Waals surface area contributed by atoms with Crippen LogP contribution >= 0.6 is 0 Å². The van der Waals surface area contributed by atoms with Crippen molar-refractivity contribution in [3.8, 4) is 5.69 Å². The maximum Gasteiger partial charge on any atom is 0.263 e. The Labute approximate surface area is 146 Å². The van der Waals surface area contributed by atoms with E-state index >= 15 is 0 Å². The molecule has 3 heterocycles. The summed E-state index contributed by atoms with van der Waals surface area (Å²) in [5.41, 5.74) is 1.71. The number of fused-ring (bicyclic) bond motifs is 1. The number of benzene rings is 1. The van der Waals surface area contributed by atoms with Crippen molar-refractivity contribution in [2.45, 2.75) is 33.1 Å². The minimum atomic E-state index is -0.134. The van der Waals surface area contributed by atoms with E-state index in [0.29, 0.717) is 22.4 Å². The number of para-hydroxylation sites is 1. The highest BCUT2D eigenvalue weighted by molar-refractivity contribution is 5.76. The molecule has 0 spiro atoms. The zero-order valence-electron chi connectivity index (χ0n) is 14.7. The summed E-state index contributed by atoms with van der Waals surface area (Å²) in [4.78, 5) is 22.4. The molecule has 1 saturated heterocycles. The topological polar surface area (TPSA) is 66.8 Å². The van der Waals surface area contributed by atoms with Gasteiger partial charge in [-0.2, -0.15) is 10.1 Å². The number of H-pyrrole nitrogens is 1. The Balaban J connectivity index is 1.77. The van der Waals surface area contributed by atoms with E-state index in [0.717, 1.165) is 31.6 Å². The highest BCUT2D eigenvalue weighted by atomic mass is 16.1. The molecule has 1 aliphatic rings. The zero-order valence-corrected chi connectivity index (χ0v) is 14.7. The summed E-state index contributed by atoms with van der Waals surface area (Å²) in [5.74, 6) is 0.646. The van der Waals surface area contributed by atoms with Crippen LogP contribution in [0.15, 0.2) is 41.3 Å². The van der Waals surface area contributed by atoms with Crippen molar-refractivity contribution in [3.05, 3.63) is 46.9 Å². The Kier molecular flexibility index (Phi) is 3.82. The molecule has 3 aromatic rings. The van der Waals surface area contributed by atoms with E-state index in [1.165, 1.54) is 6.42 Å². The van der Waals surface area contributed by atoms with Crippen molar-refractivity contribution in [2.24, 2.45) is 5.41 Å². The third-order valence-electron chi connectivity index (χ3n) is 5.07. The van der Waals surface area contributed by atoms with Gasteiger partial charge in [0.05, 0.1) is 11.9 Å². The first-order valence-corrected chi connectivity index (χ1v) is 8.82. The molecule has 0 aliphatic carbocycles. The first-order chi connectivity index (χ1) is 12.0. The fourth-order valence-corrected chi connectivity index (χ4v) is 3.45. The number of nitrogens with one attached hydrogen (secondary N) is 1. The van der Waals surface area contributed by atoms with Gasteiger partial charge >= 0.3 is 0 Å². The lowest BCUT2D eigenvalue weighted by atomic mass is 9.85. The lowest BCUT2D eigenvalue weighted by Gasteiger charge is -2.23. The SMILES string of the molecule is CC1(C)CCCN(c2nc3c(cnn3-c3ccccc3)c(=O)[nH]2)CC1. The molecule has 0 unspecified atom stereocenters. The molecular weight excluding hydrogens is 314 g/mol. The second-order valence-corrected chi connectivity index (χ2v) is 7.52. The Bertz CT molecular complexity index is 941. The van der Waals surface area contributed by atoms with E-state index < -0.39 is 0 Å². The molecule has 0 amide bonds. The normalized spacial score (nSPS) is 17.6. The average Bonchev–Trinajstić information content (AvgIpc) is 2.94. The Hall–Kier alpha value is -2.63. The molecule has 6 heteroatoms. The smallest absolute Gasteiger partial charge is 0.263 e. The second-order valence-electron chi connectivity index (χ2n) is 7.52. The lowest BCUT2D eigenvalue weighted by Crippen LogP contribution is -2.29. The van der Waals surface area contributed by atoms with Crippen molar-refractivity contribution < 1.29 is 0 Å². The summed E-state index contributed by atoms with van der Waals surface area (Å²) >= 11 is 0. The lowest BCUT2D eigenvalue weighted by molar-refractivity contribution is 0.325. The van der Waals surface area contributed by atoms with Gasteiger partial charge in [0.25, 0.3) is 5.56 Å². The molecule has 2 aromatic heterocycles. The van der Waals surface area contributed by atoms with Gasteiger partial charge in [-0.25, -0.2) is 4.68 Å². The highest BCUT2D eigenvalue weighted by Gasteiger charge is 2.24. The number of aromatic nitrogens is 4. The van der Waals surface area contributed by atoms with E-state index in [1.807, 2.05) is 30.3 Å². The molecule has 1 aliphatic heterocycles. The van der Waals surface area contributed by atoms with Crippen molar-refractivity contribution >= 4 is 17.0 Å². The Morgan fingerprint density at radius 2 is 1.92 bits per heavy atom. The summed E-state index contributed by atoms with van der Waals surface area (Å²) < 4.78 is 1.73. The van der Waals surface area contributed by atoms with Crippen LogP contribution in [-0.2, 0) is 0 Å². The predicted octanol–water partition coefficient (Wildman–Crippen LogP) is 3.13. The predicted molar refractivity (Wildman–Crippen MR) is 99.3 cm³/mol. The molecule has 0 saturated carbocycles. The maximum atomic E-state index is 12.5. The first kappa shape index (κ1) is 15.9. The van der Waals surface area contributed by atoms with Gasteiger partial charge < -0.3 is 4.90 Å². The van der Waals surface area contributed by atoms with Gasteiger partial charge in [-0.05, 0) is 36.8 Å². The number of aromatic amines is 1. The second kappa shape index (κ2) is 6.02. The van der Waals surface area contributed by atoms with E-state index in [9.17, 15) is 4.79 Å². The molecule has 0 radical (unpaired) electrons. The van der Waals surface area contributed by atoms with Crippen LogP contribution in [0.2, 0.25) is 0 Å². The first-order valence-electron chi connectivity index (χ1n) is 8.82. The van der Waals surface area contributed by atoms with Crippen molar-refractivity contribution in [3.63, 3.8) is 0 Å². The van der Waals surface area contributed by atoms with Crippen LogP contribution in [0.25, 0.3) is 16.7 Å². The van der Waals surface area contributed by atoms with Crippen LogP contribution in [0.3, 0.4) is 0 Å². The molecule has 6 nitrogen and oxygen atoms in total. The van der Waals surface area contributed by atoms with Gasteiger partial charge in [0.2, 0.25) is 5.95 Å². The van der Waals surface area contributed by atoms with Gasteiger partial charge in [-0.15, -0.1) is 0 Å². The molecule has 0 bridgehead atoms. The zero-order chi connectivity index (χ0) is 17.4. The minimum absolute atomic E-state index is 0.134. The summed E-state index contributed by atoms with van der Waals surface area (Å²) in [6.45, 7) is 6.43. The fraction of sp³-hybridized carbons (Fsp3) is 0.421. The van der Waals surface area contributed by atoms with Crippen LogP contribution < -0.4 is 10.5 Å². The number of rotatable bonds is 2. The molecular formula is C19H23N5O. The fourth-order valence-electron chi connectivity index (χ4n) is 3.45. The third kappa shape index (κ3) is 3.04. The van der Waals surface area contributed by atoms with Crippen LogP contribution in [0.4, 0.5) is 5.95 Å². The van der Waals surface area contributed by atoms with Gasteiger partial charge in [0.15, 0.2) is 5.65 Å². The van der Waals surface area contributed by atoms with Crippen LogP contribution in [0, 0.1) is 5.41 Å². The molecule has 25 heavy (non-hydrogen) atoms. The van der Waals surface area contributed by atoms with E-state index in [2.05, 4.69) is 28.8 Å². The summed E-state index contributed by atoms with van der Waals surface area (Å²) in [6.07, 6.45) is 4.97. The average molecular weight is 337 g/mol. The summed E-state index contributed by atoms with van der Waals surface area (Å²) in [5, 5.41) is 4.89. The minimum Gasteiger partial charge on any atom is -0.342 e. The standard InChI is InChI=1S/C19H23N5O/c1-19(2)9-6-11-23(12-10-19)18-21-16-15(17(25)22-18)13-20-24(16)14-7-4-3-5-8-14/h3-5,7-8,13H,6,9-12H2,1-2H3,(H,21,22,25). The molecule has 1 aromatic carbocycles. The van der Waals surface area contributed by atoms with Crippen molar-refractivity contribution in [1.29, 1.82) is 0 Å². The number of anilines is 1. The largest absolute Gasteiger partial charge is 0.342 e. The highest BCUT2D eigenvalue weighted by Crippen LogP contribution is 2.30. The quantitative estimate of drug-likeness (QED) is 0.780. The molecule has 0 atom stereocenters. The number of hydrogen-bond acceptors (Lipinski definition) is 4. The van der Waals surface area contributed by atoms with Crippen molar-refractivity contribution in [1.82, 2.24) is 19.7 Å². The van der Waals surface area contributed by atoms with Crippen LogP contribution in [0.5, 0.6) is 0 Å². The molecule has 130 valence electrons. The monoisotopic (exact) mass is 337 g/mol. The third-order valence-corrected chi connectivity index (χ3v) is 5.07. The summed E-state index contributed by atoms with van der Waals surface area (Å²) in [6, 6.07) is 9.79. The number of hydrogen-bond donors (Lipinski definition) is 1. The molecule has 1 fully saturated rings. The van der Waals surface area contributed by atoms with E-state index in [1.54, 1.807) is 10.9 Å². The van der Waals surface area contributed by atoms with Gasteiger partial charge in [-0.3, -0.25) is 9.78 Å². The number of nitrogens with zero attached hydrogens (tertiary/aromatic N) is 4. The van der Waals surface area contributed by atoms with Crippen LogP contribution in [-0.4, -0.2) is 32.8 Å². The van der Waals surface area contributed by atoms with E-state index in [4.69, 9.17) is 4.98 Å². The van der Waals surface area contributed by atoms with Gasteiger partial charge in [0, 0.05) is 13.1 Å². The van der Waals surface area contributed by atoms with Crippen LogP contribution in [0.1, 0.15) is 33.1 Å². The van der Waals surface area contributed by atoms with Gasteiger partial charge in [0.1, 0.15) is 5.39 Å². The van der Waals surface area contributed by atoms with Gasteiger partial charge in [-0.1, -0.05) is 32.0 Å². The summed E-state index contributed by atoms with van der Waals surface area (Å²) in [7, 11) is 0. The Morgan fingerprint density at radius 1 is 1.12 bits per heavy atom. The maximum absolute atomic E-state index is 12.5. The Morgan fingerprint density at radius 3 is 2.72 bits per heavy atom. The van der Waals surface area contributed by atoms with E-state index in [-0.39, 0.29) is 5.56 Å². The molecule has 4 rings (SSSR count). The van der Waals surface area contributed by atoms with Crippen molar-refractivity contribution in [2.75, 3.05) is 18.0 Å². The molecule has 1 N–H and O–H groups in total.